The second kappa shape index (κ2) is 8.53. The standard InChI is InChI=1S/C21H24BrN3O2S2/c1-21(2,3)12-6-9-14-15(10-12)29-19(16(14)17(23)26)25-20(28)24-18(27)11-4-7-13(22)8-5-11/h4-5,7-8,12H,6,9-10H2,1-3H3,(H2,23,26)(H2,24,25,27,28)/t12-/m0/s1. The molecule has 1 aromatic heterocycles. The number of carbonyl (C=O) groups excluding carboxylic acids is 2. The zero-order valence-corrected chi connectivity index (χ0v) is 19.8. The molecule has 0 radical (unpaired) electrons. The maximum Gasteiger partial charge on any atom is 0.257 e. The Bertz CT molecular complexity index is 962. The number of thiophene rings is 1. The van der Waals surface area contributed by atoms with Crippen LogP contribution >= 0.6 is 39.5 Å². The summed E-state index contributed by atoms with van der Waals surface area (Å²) < 4.78 is 0.888. The van der Waals surface area contributed by atoms with Gasteiger partial charge in [0, 0.05) is 14.9 Å². The lowest BCUT2D eigenvalue weighted by molar-refractivity contribution is 0.0975. The molecule has 0 unspecified atom stereocenters. The number of amides is 2. The van der Waals surface area contributed by atoms with Crippen molar-refractivity contribution in [3.63, 3.8) is 0 Å². The molecule has 29 heavy (non-hydrogen) atoms. The van der Waals surface area contributed by atoms with E-state index in [1.165, 1.54) is 16.2 Å². The average molecular weight is 494 g/mol. The second-order valence-corrected chi connectivity index (χ2v) is 10.7. The Morgan fingerprint density at radius 2 is 1.90 bits per heavy atom. The molecule has 5 nitrogen and oxygen atoms in total. The fraction of sp³-hybridized carbons (Fsp3) is 0.381. The van der Waals surface area contributed by atoms with Gasteiger partial charge in [-0.05, 0) is 72.6 Å². The Morgan fingerprint density at radius 3 is 2.48 bits per heavy atom. The first-order valence-electron chi connectivity index (χ1n) is 9.38. The molecular formula is C21H24BrN3O2S2. The maximum atomic E-state index is 12.4. The molecule has 0 saturated carbocycles. The van der Waals surface area contributed by atoms with Crippen LogP contribution in [0, 0.1) is 11.3 Å². The number of primary amides is 1. The zero-order chi connectivity index (χ0) is 21.3. The molecule has 2 amide bonds. The van der Waals surface area contributed by atoms with Crippen LogP contribution in [0.2, 0.25) is 0 Å². The van der Waals surface area contributed by atoms with Gasteiger partial charge in [0.25, 0.3) is 11.8 Å². The number of hydrogen-bond acceptors (Lipinski definition) is 4. The summed E-state index contributed by atoms with van der Waals surface area (Å²) in [4.78, 5) is 25.7. The number of benzene rings is 1. The van der Waals surface area contributed by atoms with Crippen molar-refractivity contribution in [3.8, 4) is 0 Å². The molecule has 8 heteroatoms. The molecule has 2 aromatic rings. The number of carbonyl (C=O) groups is 2. The molecule has 0 bridgehead atoms. The Balaban J connectivity index is 1.77. The third kappa shape index (κ3) is 5.05. The van der Waals surface area contributed by atoms with Crippen molar-refractivity contribution in [1.29, 1.82) is 0 Å². The van der Waals surface area contributed by atoms with Crippen molar-refractivity contribution in [3.05, 3.63) is 50.3 Å². The van der Waals surface area contributed by atoms with E-state index < -0.39 is 5.91 Å². The summed E-state index contributed by atoms with van der Waals surface area (Å²) in [7, 11) is 0. The molecular weight excluding hydrogens is 470 g/mol. The van der Waals surface area contributed by atoms with E-state index in [0.717, 1.165) is 29.3 Å². The van der Waals surface area contributed by atoms with Crippen molar-refractivity contribution >= 4 is 61.4 Å². The van der Waals surface area contributed by atoms with Crippen molar-refractivity contribution in [2.45, 2.75) is 40.0 Å². The fourth-order valence-electron chi connectivity index (χ4n) is 3.58. The second-order valence-electron chi connectivity index (χ2n) is 8.29. The summed E-state index contributed by atoms with van der Waals surface area (Å²) in [6.45, 7) is 6.74. The smallest absolute Gasteiger partial charge is 0.257 e. The summed E-state index contributed by atoms with van der Waals surface area (Å²) >= 11 is 10.2. The van der Waals surface area contributed by atoms with E-state index in [4.69, 9.17) is 18.0 Å². The lowest BCUT2D eigenvalue weighted by Gasteiger charge is -2.33. The number of nitrogens with one attached hydrogen (secondary N) is 2. The highest BCUT2D eigenvalue weighted by Gasteiger charge is 2.33. The topological polar surface area (TPSA) is 84.2 Å². The molecule has 0 aliphatic heterocycles. The minimum Gasteiger partial charge on any atom is -0.365 e. The van der Waals surface area contributed by atoms with Crippen LogP contribution in [0.25, 0.3) is 0 Å². The predicted molar refractivity (Wildman–Crippen MR) is 126 cm³/mol. The number of rotatable bonds is 3. The number of anilines is 1. The largest absolute Gasteiger partial charge is 0.365 e. The summed E-state index contributed by atoms with van der Waals surface area (Å²) in [6.07, 6.45) is 2.77. The van der Waals surface area contributed by atoms with E-state index in [1.807, 2.05) is 0 Å². The Morgan fingerprint density at radius 1 is 1.24 bits per heavy atom. The first-order chi connectivity index (χ1) is 13.6. The van der Waals surface area contributed by atoms with Crippen LogP contribution in [0.4, 0.5) is 5.00 Å². The van der Waals surface area contributed by atoms with Gasteiger partial charge in [0.15, 0.2) is 5.11 Å². The van der Waals surface area contributed by atoms with Crippen molar-refractivity contribution in [2.75, 3.05) is 5.32 Å². The lowest BCUT2D eigenvalue weighted by Crippen LogP contribution is -2.34. The number of hydrogen-bond donors (Lipinski definition) is 3. The van der Waals surface area contributed by atoms with Crippen LogP contribution in [0.1, 0.15) is 58.3 Å². The maximum absolute atomic E-state index is 12.4. The van der Waals surface area contributed by atoms with E-state index in [9.17, 15) is 9.59 Å². The van der Waals surface area contributed by atoms with Gasteiger partial charge in [0.05, 0.1) is 5.56 Å². The van der Waals surface area contributed by atoms with Gasteiger partial charge in [-0.2, -0.15) is 0 Å². The number of fused-ring (bicyclic) bond motifs is 1. The summed E-state index contributed by atoms with van der Waals surface area (Å²) in [5.74, 6) is -0.239. The van der Waals surface area contributed by atoms with Crippen LogP contribution in [0.15, 0.2) is 28.7 Å². The number of halogens is 1. The van der Waals surface area contributed by atoms with Crippen molar-refractivity contribution < 1.29 is 9.59 Å². The molecule has 1 aliphatic carbocycles. The lowest BCUT2D eigenvalue weighted by atomic mass is 9.72. The van der Waals surface area contributed by atoms with Gasteiger partial charge < -0.3 is 11.1 Å². The van der Waals surface area contributed by atoms with E-state index in [-0.39, 0.29) is 16.4 Å². The quantitative estimate of drug-likeness (QED) is 0.531. The van der Waals surface area contributed by atoms with Gasteiger partial charge >= 0.3 is 0 Å². The van der Waals surface area contributed by atoms with Crippen LogP contribution in [0.3, 0.4) is 0 Å². The highest BCUT2D eigenvalue weighted by molar-refractivity contribution is 9.10. The normalized spacial score (nSPS) is 16.1. The van der Waals surface area contributed by atoms with Gasteiger partial charge in [-0.1, -0.05) is 36.7 Å². The summed E-state index contributed by atoms with van der Waals surface area (Å²) in [5.41, 5.74) is 7.89. The van der Waals surface area contributed by atoms with Gasteiger partial charge in [0.1, 0.15) is 5.00 Å². The molecule has 1 atom stereocenters. The van der Waals surface area contributed by atoms with E-state index >= 15 is 0 Å². The average Bonchev–Trinajstić information content (AvgIpc) is 2.98. The van der Waals surface area contributed by atoms with Crippen molar-refractivity contribution in [2.24, 2.45) is 17.1 Å². The summed E-state index contributed by atoms with van der Waals surface area (Å²) in [5, 5.41) is 6.44. The highest BCUT2D eigenvalue weighted by Crippen LogP contribution is 2.44. The molecule has 0 saturated heterocycles. The summed E-state index contributed by atoms with van der Waals surface area (Å²) in [6, 6.07) is 6.98. The minimum atomic E-state index is -0.471. The minimum absolute atomic E-state index is 0.145. The van der Waals surface area contributed by atoms with Crippen LogP contribution in [-0.4, -0.2) is 16.9 Å². The van der Waals surface area contributed by atoms with Crippen LogP contribution in [-0.2, 0) is 12.8 Å². The molecule has 1 aliphatic rings. The molecule has 0 spiro atoms. The molecule has 154 valence electrons. The highest BCUT2D eigenvalue weighted by atomic mass is 79.9. The van der Waals surface area contributed by atoms with E-state index in [0.29, 0.717) is 22.0 Å². The third-order valence-electron chi connectivity index (χ3n) is 5.30. The fourth-order valence-corrected chi connectivity index (χ4v) is 5.45. The number of thiocarbonyl (C=S) groups is 1. The van der Waals surface area contributed by atoms with Crippen molar-refractivity contribution in [1.82, 2.24) is 5.32 Å². The Labute approximate surface area is 188 Å². The molecule has 1 aromatic carbocycles. The van der Waals surface area contributed by atoms with Gasteiger partial charge in [-0.25, -0.2) is 0 Å². The molecule has 1 heterocycles. The van der Waals surface area contributed by atoms with Crippen LogP contribution in [0.5, 0.6) is 0 Å². The predicted octanol–water partition coefficient (Wildman–Crippen LogP) is 4.89. The molecule has 0 fully saturated rings. The van der Waals surface area contributed by atoms with Gasteiger partial charge in [-0.15, -0.1) is 11.3 Å². The third-order valence-corrected chi connectivity index (χ3v) is 7.20. The van der Waals surface area contributed by atoms with Gasteiger partial charge in [-0.3, -0.25) is 14.9 Å². The SMILES string of the molecule is CC(C)(C)[C@H]1CCc2c(sc(NC(=S)NC(=O)c3ccc(Br)cc3)c2C(N)=O)C1. The zero-order valence-electron chi connectivity index (χ0n) is 16.6. The Hall–Kier alpha value is -1.77. The molecule has 3 rings (SSSR count). The van der Waals surface area contributed by atoms with E-state index in [2.05, 4.69) is 47.3 Å². The molecule has 4 N–H and O–H groups in total. The monoisotopic (exact) mass is 493 g/mol. The Kier molecular flexibility index (Phi) is 6.45. The first kappa shape index (κ1) is 21.9. The van der Waals surface area contributed by atoms with Crippen LogP contribution < -0.4 is 16.4 Å². The first-order valence-corrected chi connectivity index (χ1v) is 11.4. The van der Waals surface area contributed by atoms with E-state index in [1.54, 1.807) is 24.3 Å². The number of nitrogens with two attached hydrogens (primary N) is 1. The van der Waals surface area contributed by atoms with Gasteiger partial charge in [0.2, 0.25) is 0 Å².